The van der Waals surface area contributed by atoms with Gasteiger partial charge in [-0.25, -0.2) is 4.39 Å². The lowest BCUT2D eigenvalue weighted by atomic mass is 9.86. The zero-order valence-electron chi connectivity index (χ0n) is 12.4. The average molecular weight is 282 g/mol. The summed E-state index contributed by atoms with van der Waals surface area (Å²) in [5, 5.41) is 0. The van der Waals surface area contributed by atoms with Crippen LogP contribution in [-0.4, -0.2) is 43.9 Å². The molecule has 1 saturated heterocycles. The minimum absolute atomic E-state index is 0.297. The molecule has 112 valence electrons. The highest BCUT2D eigenvalue weighted by molar-refractivity contribution is 5.38. The van der Waals surface area contributed by atoms with Crippen molar-refractivity contribution in [3.63, 3.8) is 0 Å². The first-order chi connectivity index (χ1) is 9.46. The molecular formula is C15H23FN2O2. The molecule has 1 atom stereocenters. The second-order valence-corrected chi connectivity index (χ2v) is 5.62. The quantitative estimate of drug-likeness (QED) is 0.917. The van der Waals surface area contributed by atoms with Crippen LogP contribution in [0.4, 0.5) is 4.39 Å². The zero-order valence-corrected chi connectivity index (χ0v) is 12.4. The number of nitrogens with zero attached hydrogens (tertiary/aromatic N) is 1. The number of ether oxygens (including phenoxy) is 2. The predicted octanol–water partition coefficient (Wildman–Crippen LogP) is 1.94. The molecular weight excluding hydrogens is 259 g/mol. The number of rotatable bonds is 4. The molecule has 1 aromatic rings. The van der Waals surface area contributed by atoms with Gasteiger partial charge in [0.25, 0.3) is 0 Å². The Bertz CT molecular complexity index is 459. The molecule has 2 rings (SSSR count). The molecule has 0 saturated carbocycles. The Morgan fingerprint density at radius 3 is 2.60 bits per heavy atom. The van der Waals surface area contributed by atoms with E-state index in [9.17, 15) is 4.39 Å². The zero-order chi connectivity index (χ0) is 14.8. The minimum Gasteiger partial charge on any atom is -0.496 e. The lowest BCUT2D eigenvalue weighted by molar-refractivity contribution is -0.0193. The van der Waals surface area contributed by atoms with Gasteiger partial charge in [-0.2, -0.15) is 0 Å². The molecule has 1 aromatic carbocycles. The first-order valence-electron chi connectivity index (χ1n) is 6.88. The number of methoxy groups -OCH3 is 1. The van der Waals surface area contributed by atoms with Crippen LogP contribution >= 0.6 is 0 Å². The molecule has 2 N–H and O–H groups in total. The van der Waals surface area contributed by atoms with Crippen LogP contribution in [0.25, 0.3) is 0 Å². The van der Waals surface area contributed by atoms with E-state index < -0.39 is 0 Å². The van der Waals surface area contributed by atoms with E-state index in [1.54, 1.807) is 13.2 Å². The van der Waals surface area contributed by atoms with Gasteiger partial charge in [0.05, 0.1) is 26.4 Å². The number of benzene rings is 1. The van der Waals surface area contributed by atoms with Gasteiger partial charge in [-0.3, -0.25) is 4.90 Å². The fourth-order valence-corrected chi connectivity index (χ4v) is 2.67. The van der Waals surface area contributed by atoms with E-state index in [0.717, 1.165) is 13.1 Å². The summed E-state index contributed by atoms with van der Waals surface area (Å²) >= 11 is 0. The summed E-state index contributed by atoms with van der Waals surface area (Å²) < 4.78 is 24.2. The maximum absolute atomic E-state index is 13.5. The molecule has 1 fully saturated rings. The van der Waals surface area contributed by atoms with Gasteiger partial charge >= 0.3 is 0 Å². The Labute approximate surface area is 119 Å². The van der Waals surface area contributed by atoms with Gasteiger partial charge in [0.2, 0.25) is 0 Å². The van der Waals surface area contributed by atoms with E-state index in [2.05, 4.69) is 18.7 Å². The summed E-state index contributed by atoms with van der Waals surface area (Å²) in [7, 11) is 1.57. The molecule has 0 aliphatic carbocycles. The van der Waals surface area contributed by atoms with Gasteiger partial charge in [0.1, 0.15) is 11.6 Å². The minimum atomic E-state index is -0.341. The Hall–Kier alpha value is -1.17. The Kier molecular flexibility index (Phi) is 4.62. The van der Waals surface area contributed by atoms with Crippen molar-refractivity contribution in [2.75, 3.05) is 33.4 Å². The summed E-state index contributed by atoms with van der Waals surface area (Å²) in [4.78, 5) is 2.28. The van der Waals surface area contributed by atoms with Crippen LogP contribution in [0.3, 0.4) is 0 Å². The number of hydrogen-bond donors (Lipinski definition) is 1. The fraction of sp³-hybridized carbons (Fsp3) is 0.600. The second kappa shape index (κ2) is 6.08. The number of halogens is 1. The summed E-state index contributed by atoms with van der Waals surface area (Å²) in [5.41, 5.74) is 6.82. The van der Waals surface area contributed by atoms with Gasteiger partial charge < -0.3 is 15.2 Å². The van der Waals surface area contributed by atoms with E-state index >= 15 is 0 Å². The smallest absolute Gasteiger partial charge is 0.123 e. The molecule has 4 nitrogen and oxygen atoms in total. The average Bonchev–Trinajstić information content (AvgIpc) is 2.47. The molecule has 0 amide bonds. The lowest BCUT2D eigenvalue weighted by Crippen LogP contribution is -2.55. The van der Waals surface area contributed by atoms with Crippen molar-refractivity contribution in [1.82, 2.24) is 4.90 Å². The SMILES string of the molecule is COc1ccc(F)cc1C(N)C(C)(C)N1CCOCC1. The molecule has 0 bridgehead atoms. The Balaban J connectivity index is 2.28. The second-order valence-electron chi connectivity index (χ2n) is 5.62. The number of morpholine rings is 1. The highest BCUT2D eigenvalue weighted by Crippen LogP contribution is 2.34. The monoisotopic (exact) mass is 282 g/mol. The highest BCUT2D eigenvalue weighted by Gasteiger charge is 2.36. The Morgan fingerprint density at radius 1 is 1.35 bits per heavy atom. The Morgan fingerprint density at radius 2 is 2.00 bits per heavy atom. The third kappa shape index (κ3) is 2.95. The number of hydrogen-bond acceptors (Lipinski definition) is 4. The molecule has 0 aromatic heterocycles. The summed E-state index contributed by atoms with van der Waals surface area (Å²) in [6, 6.07) is 4.13. The standard InChI is InChI=1S/C15H23FN2O2/c1-15(2,18-6-8-20-9-7-18)14(17)12-10-11(16)4-5-13(12)19-3/h4-5,10,14H,6-9,17H2,1-3H3. The van der Waals surface area contributed by atoms with E-state index in [0.29, 0.717) is 24.5 Å². The van der Waals surface area contributed by atoms with Crippen molar-refractivity contribution in [1.29, 1.82) is 0 Å². The molecule has 0 spiro atoms. The molecule has 1 heterocycles. The van der Waals surface area contributed by atoms with Crippen molar-refractivity contribution in [2.24, 2.45) is 5.73 Å². The molecule has 20 heavy (non-hydrogen) atoms. The largest absolute Gasteiger partial charge is 0.496 e. The van der Waals surface area contributed by atoms with Gasteiger partial charge in [-0.05, 0) is 32.0 Å². The van der Waals surface area contributed by atoms with Gasteiger partial charge in [0.15, 0.2) is 0 Å². The lowest BCUT2D eigenvalue weighted by Gasteiger charge is -2.44. The van der Waals surface area contributed by atoms with E-state index in [4.69, 9.17) is 15.2 Å². The van der Waals surface area contributed by atoms with Crippen molar-refractivity contribution in [3.8, 4) is 5.75 Å². The van der Waals surface area contributed by atoms with Crippen LogP contribution in [0, 0.1) is 5.82 Å². The van der Waals surface area contributed by atoms with E-state index in [-0.39, 0.29) is 17.4 Å². The normalized spacial score (nSPS) is 18.9. The van der Waals surface area contributed by atoms with E-state index in [1.807, 2.05) is 0 Å². The van der Waals surface area contributed by atoms with Crippen LogP contribution in [0.2, 0.25) is 0 Å². The molecule has 1 unspecified atom stereocenters. The van der Waals surface area contributed by atoms with E-state index in [1.165, 1.54) is 12.1 Å². The highest BCUT2D eigenvalue weighted by atomic mass is 19.1. The van der Waals surface area contributed by atoms with Crippen molar-refractivity contribution >= 4 is 0 Å². The summed E-state index contributed by atoms with van der Waals surface area (Å²) in [6.07, 6.45) is 0. The molecule has 1 aliphatic heterocycles. The van der Waals surface area contributed by atoms with Crippen LogP contribution < -0.4 is 10.5 Å². The van der Waals surface area contributed by atoms with Crippen molar-refractivity contribution < 1.29 is 13.9 Å². The number of nitrogens with two attached hydrogens (primary N) is 1. The maximum Gasteiger partial charge on any atom is 0.123 e. The van der Waals surface area contributed by atoms with Crippen LogP contribution in [0.1, 0.15) is 25.5 Å². The predicted molar refractivity (Wildman–Crippen MR) is 76.4 cm³/mol. The van der Waals surface area contributed by atoms with Crippen LogP contribution in [0.5, 0.6) is 5.75 Å². The third-order valence-corrected chi connectivity index (χ3v) is 4.11. The molecule has 0 radical (unpaired) electrons. The summed E-state index contributed by atoms with van der Waals surface area (Å²) in [6.45, 7) is 7.23. The topological polar surface area (TPSA) is 47.7 Å². The van der Waals surface area contributed by atoms with Gasteiger partial charge in [-0.15, -0.1) is 0 Å². The third-order valence-electron chi connectivity index (χ3n) is 4.11. The van der Waals surface area contributed by atoms with Gasteiger partial charge in [0, 0.05) is 24.2 Å². The van der Waals surface area contributed by atoms with Crippen molar-refractivity contribution in [3.05, 3.63) is 29.6 Å². The first-order valence-corrected chi connectivity index (χ1v) is 6.88. The van der Waals surface area contributed by atoms with Crippen molar-refractivity contribution in [2.45, 2.75) is 25.4 Å². The van der Waals surface area contributed by atoms with Crippen LogP contribution in [-0.2, 0) is 4.74 Å². The molecule has 1 aliphatic rings. The summed E-state index contributed by atoms with van der Waals surface area (Å²) in [5.74, 6) is 0.328. The van der Waals surface area contributed by atoms with Gasteiger partial charge in [-0.1, -0.05) is 0 Å². The van der Waals surface area contributed by atoms with Crippen LogP contribution in [0.15, 0.2) is 18.2 Å². The first kappa shape index (κ1) is 15.2. The maximum atomic E-state index is 13.5. The molecule has 5 heteroatoms. The fourth-order valence-electron chi connectivity index (χ4n) is 2.67.